The summed E-state index contributed by atoms with van der Waals surface area (Å²) in [6.45, 7) is 10.1. The van der Waals surface area contributed by atoms with Crippen molar-refractivity contribution in [3.63, 3.8) is 0 Å². The van der Waals surface area contributed by atoms with Gasteiger partial charge in [-0.05, 0) is 99.3 Å². The van der Waals surface area contributed by atoms with Gasteiger partial charge in [-0.1, -0.05) is 77.4 Å². The summed E-state index contributed by atoms with van der Waals surface area (Å²) in [5, 5.41) is 14.2. The van der Waals surface area contributed by atoms with Gasteiger partial charge >= 0.3 is 0 Å². The SMILES string of the molecule is Cc1c(COc2cc(OCc3cncc(C#N)c3)c(CN(C)Cc3cc(-c4ccccc4)on3)cc2Cl)cccc1-c1cccc(OCCCN2CCCC2)c1C. The van der Waals surface area contributed by atoms with E-state index in [0.29, 0.717) is 48.4 Å². The molecule has 0 unspecified atom stereocenters. The molecule has 0 aliphatic carbocycles. The predicted octanol–water partition coefficient (Wildman–Crippen LogP) is 10.2. The zero-order chi connectivity index (χ0) is 39.6. The van der Waals surface area contributed by atoms with Crippen LogP contribution in [0.15, 0.2) is 108 Å². The minimum absolute atomic E-state index is 0.214. The number of nitriles is 1. The van der Waals surface area contributed by atoms with Crippen molar-refractivity contribution in [3.8, 4) is 45.8 Å². The lowest BCUT2D eigenvalue weighted by atomic mass is 9.93. The number of rotatable bonds is 17. The van der Waals surface area contributed by atoms with Crippen molar-refractivity contribution in [2.45, 2.75) is 59.4 Å². The molecule has 0 atom stereocenters. The molecule has 6 aromatic rings. The van der Waals surface area contributed by atoms with E-state index in [1.165, 1.54) is 32.1 Å². The average molecular weight is 782 g/mol. The van der Waals surface area contributed by atoms with E-state index in [1.54, 1.807) is 12.3 Å². The van der Waals surface area contributed by atoms with Crippen molar-refractivity contribution in [2.24, 2.45) is 0 Å². The summed E-state index contributed by atoms with van der Waals surface area (Å²) in [6, 6.07) is 32.1. The van der Waals surface area contributed by atoms with Gasteiger partial charge in [-0.25, -0.2) is 0 Å². The fourth-order valence-electron chi connectivity index (χ4n) is 7.31. The zero-order valence-corrected chi connectivity index (χ0v) is 33.6. The maximum atomic E-state index is 9.41. The summed E-state index contributed by atoms with van der Waals surface area (Å²) in [5.41, 5.74) is 9.49. The second-order valence-corrected chi connectivity index (χ2v) is 15.1. The van der Waals surface area contributed by atoms with Crippen LogP contribution < -0.4 is 14.2 Å². The molecule has 10 heteroatoms. The van der Waals surface area contributed by atoms with Gasteiger partial charge in [0.1, 0.15) is 36.5 Å². The van der Waals surface area contributed by atoms with Gasteiger partial charge < -0.3 is 23.6 Å². The van der Waals surface area contributed by atoms with Gasteiger partial charge in [0, 0.05) is 60.9 Å². The van der Waals surface area contributed by atoms with E-state index in [0.717, 1.165) is 74.7 Å². The van der Waals surface area contributed by atoms with Crippen molar-refractivity contribution in [1.29, 1.82) is 5.26 Å². The molecule has 4 aromatic carbocycles. The molecular formula is C47H48ClN5O4. The highest BCUT2D eigenvalue weighted by Crippen LogP contribution is 2.37. The lowest BCUT2D eigenvalue weighted by Gasteiger charge is -2.20. The summed E-state index contributed by atoms with van der Waals surface area (Å²) in [6.07, 6.45) is 6.86. The highest BCUT2D eigenvalue weighted by molar-refractivity contribution is 6.32. The van der Waals surface area contributed by atoms with Gasteiger partial charge in [0.05, 0.1) is 22.9 Å². The lowest BCUT2D eigenvalue weighted by Crippen LogP contribution is -2.22. The second kappa shape index (κ2) is 19.0. The minimum atomic E-state index is 0.214. The van der Waals surface area contributed by atoms with Crippen molar-refractivity contribution in [1.82, 2.24) is 19.9 Å². The first kappa shape index (κ1) is 39.6. The van der Waals surface area contributed by atoms with Crippen LogP contribution in [-0.2, 0) is 26.3 Å². The number of pyridine rings is 1. The highest BCUT2D eigenvalue weighted by atomic mass is 35.5. The molecule has 57 heavy (non-hydrogen) atoms. The van der Waals surface area contributed by atoms with Gasteiger partial charge in [0.2, 0.25) is 0 Å². The quantitative estimate of drug-likeness (QED) is 0.0838. The maximum absolute atomic E-state index is 9.41. The fraction of sp³-hybridized carbons (Fsp3) is 0.298. The topological polar surface area (TPSA) is 96.9 Å². The molecule has 1 aliphatic rings. The molecule has 1 saturated heterocycles. The Kier molecular flexibility index (Phi) is 13.2. The van der Waals surface area contributed by atoms with Gasteiger partial charge in [0.15, 0.2) is 5.76 Å². The highest BCUT2D eigenvalue weighted by Gasteiger charge is 2.18. The Morgan fingerprint density at radius 3 is 2.37 bits per heavy atom. The molecule has 0 saturated carbocycles. The standard InChI is InChI=1S/C47H48ClN5O4/c1-33-38(14-9-15-41(33)42-16-10-17-44(34(42)2)54-21-11-20-53-18-7-8-19-53)32-56-47-25-45(55-31-36-22-35(26-49)27-50-28-36)39(23-43(47)48)29-52(3)30-40-24-46(57-51-40)37-12-5-4-6-13-37/h4-6,9-10,12-17,22-25,27-28H,7-8,11,18-21,29-32H2,1-3H3. The van der Waals surface area contributed by atoms with Gasteiger partial charge in [0.25, 0.3) is 0 Å². The zero-order valence-electron chi connectivity index (χ0n) is 32.8. The third-order valence-electron chi connectivity index (χ3n) is 10.4. The normalized spacial score (nSPS) is 12.8. The maximum Gasteiger partial charge on any atom is 0.167 e. The van der Waals surface area contributed by atoms with Gasteiger partial charge in [-0.15, -0.1) is 0 Å². The molecule has 0 amide bonds. The molecule has 1 aliphatic heterocycles. The van der Waals surface area contributed by atoms with Gasteiger partial charge in [-0.2, -0.15) is 5.26 Å². The number of benzene rings is 4. The molecule has 1 fully saturated rings. The summed E-state index contributed by atoms with van der Waals surface area (Å²) in [4.78, 5) is 8.84. The summed E-state index contributed by atoms with van der Waals surface area (Å²) in [7, 11) is 2.01. The molecule has 3 heterocycles. The first-order valence-electron chi connectivity index (χ1n) is 19.5. The number of aromatic nitrogens is 2. The van der Waals surface area contributed by atoms with Crippen LogP contribution in [0, 0.1) is 25.2 Å². The Hall–Kier alpha value is -5.66. The Balaban J connectivity index is 1.06. The van der Waals surface area contributed by atoms with Crippen molar-refractivity contribution >= 4 is 11.6 Å². The number of likely N-dealkylation sites (tertiary alicyclic amines) is 1. The average Bonchev–Trinajstić information content (AvgIpc) is 3.93. The molecule has 0 bridgehead atoms. The van der Waals surface area contributed by atoms with Crippen LogP contribution >= 0.6 is 11.6 Å². The second-order valence-electron chi connectivity index (χ2n) is 14.7. The van der Waals surface area contributed by atoms with Crippen molar-refractivity contribution in [3.05, 3.63) is 147 Å². The van der Waals surface area contributed by atoms with Crippen LogP contribution in [0.25, 0.3) is 22.5 Å². The third kappa shape index (κ3) is 10.2. The van der Waals surface area contributed by atoms with Crippen LogP contribution in [0.2, 0.25) is 5.02 Å². The molecule has 0 spiro atoms. The van der Waals surface area contributed by atoms with E-state index in [2.05, 4.69) is 76.3 Å². The molecule has 292 valence electrons. The first-order valence-corrected chi connectivity index (χ1v) is 19.9. The number of hydrogen-bond donors (Lipinski definition) is 0. The van der Waals surface area contributed by atoms with E-state index >= 15 is 0 Å². The Morgan fingerprint density at radius 1 is 0.789 bits per heavy atom. The smallest absolute Gasteiger partial charge is 0.167 e. The molecule has 2 aromatic heterocycles. The number of nitrogens with zero attached hydrogens (tertiary/aromatic N) is 5. The Labute approximate surface area is 340 Å². The van der Waals surface area contributed by atoms with E-state index < -0.39 is 0 Å². The first-order chi connectivity index (χ1) is 27.8. The van der Waals surface area contributed by atoms with Gasteiger partial charge in [-0.3, -0.25) is 9.88 Å². The summed E-state index contributed by atoms with van der Waals surface area (Å²) < 4.78 is 24.8. The van der Waals surface area contributed by atoms with E-state index in [9.17, 15) is 5.26 Å². The van der Waals surface area contributed by atoms with Crippen molar-refractivity contribution in [2.75, 3.05) is 33.3 Å². The third-order valence-corrected chi connectivity index (χ3v) is 10.7. The molecule has 0 radical (unpaired) electrons. The monoisotopic (exact) mass is 781 g/mol. The van der Waals surface area contributed by atoms with Crippen LogP contribution in [0.5, 0.6) is 17.2 Å². The Bertz CT molecular complexity index is 2320. The fourth-order valence-corrected chi connectivity index (χ4v) is 7.55. The van der Waals surface area contributed by atoms with Crippen LogP contribution in [0.3, 0.4) is 0 Å². The molecular weight excluding hydrogens is 734 g/mol. The molecule has 9 nitrogen and oxygen atoms in total. The van der Waals surface area contributed by atoms with Crippen LogP contribution in [0.1, 0.15) is 58.3 Å². The minimum Gasteiger partial charge on any atom is -0.493 e. The number of halogens is 1. The largest absolute Gasteiger partial charge is 0.493 e. The lowest BCUT2D eigenvalue weighted by molar-refractivity contribution is 0.262. The van der Waals surface area contributed by atoms with Crippen LogP contribution in [0.4, 0.5) is 0 Å². The molecule has 7 rings (SSSR count). The summed E-state index contributed by atoms with van der Waals surface area (Å²) >= 11 is 6.94. The van der Waals surface area contributed by atoms with E-state index in [4.69, 9.17) is 30.3 Å². The van der Waals surface area contributed by atoms with Crippen LogP contribution in [-0.4, -0.2) is 53.2 Å². The van der Waals surface area contributed by atoms with Crippen molar-refractivity contribution < 1.29 is 18.7 Å². The predicted molar refractivity (Wildman–Crippen MR) is 223 cm³/mol. The van der Waals surface area contributed by atoms with E-state index in [1.807, 2.05) is 55.6 Å². The molecule has 0 N–H and O–H groups in total. The number of ether oxygens (including phenoxy) is 3. The number of hydrogen-bond acceptors (Lipinski definition) is 9. The van der Waals surface area contributed by atoms with E-state index in [-0.39, 0.29) is 6.61 Å². The Morgan fingerprint density at radius 2 is 1.56 bits per heavy atom. The summed E-state index contributed by atoms with van der Waals surface area (Å²) in [5.74, 6) is 2.77.